The van der Waals surface area contributed by atoms with Gasteiger partial charge in [-0.25, -0.2) is 9.97 Å². The Hall–Kier alpha value is -1.36. The van der Waals surface area contributed by atoms with E-state index >= 15 is 0 Å². The van der Waals surface area contributed by atoms with Crippen molar-refractivity contribution in [2.24, 2.45) is 0 Å². The van der Waals surface area contributed by atoms with Crippen LogP contribution >= 0.6 is 0 Å². The van der Waals surface area contributed by atoms with Crippen LogP contribution in [0.3, 0.4) is 0 Å². The quantitative estimate of drug-likeness (QED) is 0.852. The molecule has 1 fully saturated rings. The molecule has 2 N–H and O–H groups in total. The van der Waals surface area contributed by atoms with Crippen molar-refractivity contribution < 1.29 is 0 Å². The third kappa shape index (κ3) is 3.56. The van der Waals surface area contributed by atoms with E-state index in [0.29, 0.717) is 6.04 Å². The van der Waals surface area contributed by atoms with Crippen molar-refractivity contribution in [3.8, 4) is 0 Å². The smallest absolute Gasteiger partial charge is 0.134 e. The molecule has 106 valence electrons. The predicted octanol–water partition coefficient (Wildman–Crippen LogP) is 2.11. The summed E-state index contributed by atoms with van der Waals surface area (Å²) in [4.78, 5) is 11.1. The third-order valence-corrected chi connectivity index (χ3v) is 3.79. The molecule has 0 radical (unpaired) electrons. The average Bonchev–Trinajstić information content (AvgIpc) is 2.43. The summed E-state index contributed by atoms with van der Waals surface area (Å²) in [5.41, 5.74) is 1.10. The molecule has 0 atom stereocenters. The minimum atomic E-state index is 0.534. The molecule has 2 heterocycles. The molecule has 5 nitrogen and oxygen atoms in total. The molecular weight excluding hydrogens is 238 g/mol. The standard InChI is InChI=1S/C14H25N5/c1-4-7-19-8-5-12(6-9-19)18-14-11(2)13(15-3)16-10-17-14/h10,12H,4-9H2,1-3H3,(H2,15,16,17,18). The Morgan fingerprint density at radius 3 is 2.58 bits per heavy atom. The zero-order valence-electron chi connectivity index (χ0n) is 12.2. The van der Waals surface area contributed by atoms with Crippen molar-refractivity contribution in [1.29, 1.82) is 0 Å². The monoisotopic (exact) mass is 263 g/mol. The predicted molar refractivity (Wildman–Crippen MR) is 79.7 cm³/mol. The Morgan fingerprint density at radius 1 is 1.26 bits per heavy atom. The van der Waals surface area contributed by atoms with Gasteiger partial charge < -0.3 is 15.5 Å². The fraction of sp³-hybridized carbons (Fsp3) is 0.714. The Labute approximate surface area is 115 Å². The number of anilines is 2. The topological polar surface area (TPSA) is 53.1 Å². The van der Waals surface area contributed by atoms with Crippen LogP contribution in [0.25, 0.3) is 0 Å². The first-order valence-electron chi connectivity index (χ1n) is 7.22. The van der Waals surface area contributed by atoms with Gasteiger partial charge in [0.05, 0.1) is 0 Å². The van der Waals surface area contributed by atoms with Gasteiger partial charge in [0.15, 0.2) is 0 Å². The lowest BCUT2D eigenvalue weighted by Crippen LogP contribution is -2.39. The Kier molecular flexibility index (Phi) is 4.96. The van der Waals surface area contributed by atoms with Crippen molar-refractivity contribution in [3.63, 3.8) is 0 Å². The number of hydrogen-bond acceptors (Lipinski definition) is 5. The van der Waals surface area contributed by atoms with Crippen molar-refractivity contribution in [2.75, 3.05) is 37.3 Å². The SMILES string of the molecule is CCCN1CCC(Nc2ncnc(NC)c2C)CC1. The van der Waals surface area contributed by atoms with Crippen LogP contribution in [-0.4, -0.2) is 47.6 Å². The highest BCUT2D eigenvalue weighted by molar-refractivity contribution is 5.56. The van der Waals surface area contributed by atoms with Crippen LogP contribution in [0.1, 0.15) is 31.7 Å². The van der Waals surface area contributed by atoms with Gasteiger partial charge in [-0.1, -0.05) is 6.92 Å². The zero-order valence-corrected chi connectivity index (χ0v) is 12.2. The van der Waals surface area contributed by atoms with E-state index in [9.17, 15) is 0 Å². The molecule has 1 aliphatic heterocycles. The van der Waals surface area contributed by atoms with E-state index in [4.69, 9.17) is 0 Å². The molecule has 1 aliphatic rings. The molecule has 19 heavy (non-hydrogen) atoms. The minimum absolute atomic E-state index is 0.534. The highest BCUT2D eigenvalue weighted by Gasteiger charge is 2.19. The fourth-order valence-electron chi connectivity index (χ4n) is 2.66. The molecule has 0 aromatic carbocycles. The van der Waals surface area contributed by atoms with E-state index in [-0.39, 0.29) is 0 Å². The maximum Gasteiger partial charge on any atom is 0.134 e. The average molecular weight is 263 g/mol. The summed E-state index contributed by atoms with van der Waals surface area (Å²) in [6.07, 6.45) is 5.25. The van der Waals surface area contributed by atoms with E-state index in [2.05, 4.69) is 39.3 Å². The summed E-state index contributed by atoms with van der Waals surface area (Å²) in [6.45, 7) is 7.90. The second-order valence-corrected chi connectivity index (χ2v) is 5.21. The number of hydrogen-bond donors (Lipinski definition) is 2. The van der Waals surface area contributed by atoms with E-state index in [1.165, 1.54) is 38.9 Å². The first-order chi connectivity index (χ1) is 9.24. The van der Waals surface area contributed by atoms with Gasteiger partial charge in [0.25, 0.3) is 0 Å². The van der Waals surface area contributed by atoms with Gasteiger partial charge in [-0.2, -0.15) is 0 Å². The number of aromatic nitrogens is 2. The van der Waals surface area contributed by atoms with Crippen LogP contribution in [0, 0.1) is 6.92 Å². The molecular formula is C14H25N5. The fourth-order valence-corrected chi connectivity index (χ4v) is 2.66. The summed E-state index contributed by atoms with van der Waals surface area (Å²) >= 11 is 0. The highest BCUT2D eigenvalue weighted by Crippen LogP contribution is 2.21. The van der Waals surface area contributed by atoms with Crippen LogP contribution in [0.5, 0.6) is 0 Å². The van der Waals surface area contributed by atoms with E-state index in [1.807, 2.05) is 7.05 Å². The van der Waals surface area contributed by atoms with Crippen LogP contribution in [0.2, 0.25) is 0 Å². The van der Waals surface area contributed by atoms with Gasteiger partial charge in [0.2, 0.25) is 0 Å². The number of rotatable bonds is 5. The number of piperidine rings is 1. The zero-order chi connectivity index (χ0) is 13.7. The molecule has 1 saturated heterocycles. The van der Waals surface area contributed by atoms with Crippen LogP contribution < -0.4 is 10.6 Å². The number of nitrogens with one attached hydrogen (secondary N) is 2. The second kappa shape index (κ2) is 6.70. The summed E-state index contributed by atoms with van der Waals surface area (Å²) in [6, 6.07) is 0.534. The lowest BCUT2D eigenvalue weighted by Gasteiger charge is -2.32. The molecule has 1 aromatic heterocycles. The van der Waals surface area contributed by atoms with Crippen LogP contribution in [0.4, 0.5) is 11.6 Å². The van der Waals surface area contributed by atoms with Gasteiger partial charge in [0.1, 0.15) is 18.0 Å². The summed E-state index contributed by atoms with van der Waals surface area (Å²) in [7, 11) is 1.89. The summed E-state index contributed by atoms with van der Waals surface area (Å²) in [5.74, 6) is 1.87. The summed E-state index contributed by atoms with van der Waals surface area (Å²) < 4.78 is 0. The van der Waals surface area contributed by atoms with Crippen molar-refractivity contribution in [3.05, 3.63) is 11.9 Å². The minimum Gasteiger partial charge on any atom is -0.373 e. The van der Waals surface area contributed by atoms with E-state index < -0.39 is 0 Å². The second-order valence-electron chi connectivity index (χ2n) is 5.21. The van der Waals surface area contributed by atoms with Crippen molar-refractivity contribution >= 4 is 11.6 Å². The lowest BCUT2D eigenvalue weighted by atomic mass is 10.0. The highest BCUT2D eigenvalue weighted by atomic mass is 15.2. The normalized spacial score (nSPS) is 17.4. The van der Waals surface area contributed by atoms with Gasteiger partial charge in [-0.3, -0.25) is 0 Å². The van der Waals surface area contributed by atoms with Crippen molar-refractivity contribution in [2.45, 2.75) is 39.2 Å². The van der Waals surface area contributed by atoms with E-state index in [1.54, 1.807) is 6.33 Å². The van der Waals surface area contributed by atoms with Crippen LogP contribution in [-0.2, 0) is 0 Å². The van der Waals surface area contributed by atoms with Crippen molar-refractivity contribution in [1.82, 2.24) is 14.9 Å². The van der Waals surface area contributed by atoms with Gasteiger partial charge in [-0.05, 0) is 32.7 Å². The number of likely N-dealkylation sites (tertiary alicyclic amines) is 1. The number of nitrogens with zero attached hydrogens (tertiary/aromatic N) is 3. The summed E-state index contributed by atoms with van der Waals surface area (Å²) in [5, 5.41) is 6.67. The first-order valence-corrected chi connectivity index (χ1v) is 7.22. The van der Waals surface area contributed by atoms with Crippen LogP contribution in [0.15, 0.2) is 6.33 Å². The molecule has 0 amide bonds. The largest absolute Gasteiger partial charge is 0.373 e. The maximum absolute atomic E-state index is 4.36. The van der Waals surface area contributed by atoms with Gasteiger partial charge >= 0.3 is 0 Å². The third-order valence-electron chi connectivity index (χ3n) is 3.79. The molecule has 1 aromatic rings. The molecule has 0 aliphatic carbocycles. The Bertz CT molecular complexity index is 399. The molecule has 0 spiro atoms. The van der Waals surface area contributed by atoms with E-state index in [0.717, 1.165) is 17.2 Å². The first kappa shape index (κ1) is 14.1. The molecule has 0 saturated carbocycles. The Morgan fingerprint density at radius 2 is 1.95 bits per heavy atom. The Balaban J connectivity index is 1.92. The molecule has 5 heteroatoms. The van der Waals surface area contributed by atoms with Gasteiger partial charge in [0, 0.05) is 31.7 Å². The molecule has 2 rings (SSSR count). The maximum atomic E-state index is 4.36. The molecule has 0 unspecified atom stereocenters. The molecule has 0 bridgehead atoms. The van der Waals surface area contributed by atoms with Gasteiger partial charge in [-0.15, -0.1) is 0 Å². The lowest BCUT2D eigenvalue weighted by molar-refractivity contribution is 0.219.